The van der Waals surface area contributed by atoms with Crippen molar-refractivity contribution in [3.63, 3.8) is 0 Å². The second-order valence-corrected chi connectivity index (χ2v) is 3.87. The van der Waals surface area contributed by atoms with Crippen molar-refractivity contribution in [1.82, 2.24) is 14.2 Å². The zero-order valence-corrected chi connectivity index (χ0v) is 9.37. The van der Waals surface area contributed by atoms with Crippen LogP contribution in [-0.4, -0.2) is 14.2 Å². The Bertz CT molecular complexity index is 725. The molecule has 0 bridgehead atoms. The predicted octanol–water partition coefficient (Wildman–Crippen LogP) is 1.70. The van der Waals surface area contributed by atoms with Crippen molar-refractivity contribution in [2.45, 2.75) is 0 Å². The van der Waals surface area contributed by atoms with Gasteiger partial charge >= 0.3 is 0 Å². The Morgan fingerprint density at radius 2 is 1.88 bits per heavy atom. The summed E-state index contributed by atoms with van der Waals surface area (Å²) in [5.74, 6) is 0. The van der Waals surface area contributed by atoms with Crippen molar-refractivity contribution >= 4 is 5.65 Å². The van der Waals surface area contributed by atoms with E-state index in [9.17, 15) is 4.79 Å². The van der Waals surface area contributed by atoms with Gasteiger partial charge in [0.15, 0.2) is 5.65 Å². The predicted molar refractivity (Wildman–Crippen MR) is 65.9 cm³/mol. The molecule has 0 aliphatic carbocycles. The minimum absolute atomic E-state index is 0.0697. The third-order valence-electron chi connectivity index (χ3n) is 2.83. The fraction of sp³-hybridized carbons (Fsp3) is 0.0769. The summed E-state index contributed by atoms with van der Waals surface area (Å²) < 4.78 is 3.38. The van der Waals surface area contributed by atoms with E-state index < -0.39 is 0 Å². The van der Waals surface area contributed by atoms with Crippen LogP contribution in [0.25, 0.3) is 16.9 Å². The molecule has 2 aromatic heterocycles. The summed E-state index contributed by atoms with van der Waals surface area (Å²) in [6.07, 6.45) is 1.53. The van der Waals surface area contributed by atoms with Crippen LogP contribution in [0.2, 0.25) is 0 Å². The molecule has 0 radical (unpaired) electrons. The molecule has 0 atom stereocenters. The second kappa shape index (κ2) is 3.59. The van der Waals surface area contributed by atoms with Crippen LogP contribution in [0.1, 0.15) is 0 Å². The van der Waals surface area contributed by atoms with Gasteiger partial charge in [-0.2, -0.15) is 4.52 Å². The van der Waals surface area contributed by atoms with Gasteiger partial charge in [0.05, 0.1) is 5.69 Å². The molecule has 4 nitrogen and oxygen atoms in total. The van der Waals surface area contributed by atoms with Crippen molar-refractivity contribution in [2.24, 2.45) is 7.05 Å². The Morgan fingerprint density at radius 3 is 2.59 bits per heavy atom. The lowest BCUT2D eigenvalue weighted by atomic mass is 10.1. The maximum absolute atomic E-state index is 11.7. The summed E-state index contributed by atoms with van der Waals surface area (Å²) in [6, 6.07) is 13.3. The molecule has 3 rings (SSSR count). The van der Waals surface area contributed by atoms with Gasteiger partial charge in [-0.3, -0.25) is 9.48 Å². The zero-order chi connectivity index (χ0) is 11.8. The van der Waals surface area contributed by atoms with Gasteiger partial charge in [-0.15, -0.1) is 0 Å². The third-order valence-corrected chi connectivity index (χ3v) is 2.83. The number of rotatable bonds is 1. The first-order valence-corrected chi connectivity index (χ1v) is 5.36. The first-order chi connectivity index (χ1) is 8.27. The molecule has 17 heavy (non-hydrogen) atoms. The molecule has 0 saturated carbocycles. The minimum Gasteiger partial charge on any atom is -0.279 e. The first-order valence-electron chi connectivity index (χ1n) is 5.36. The summed E-state index contributed by atoms with van der Waals surface area (Å²) in [5.41, 5.74) is 2.64. The molecular formula is C13H11N3O. The first kappa shape index (κ1) is 9.84. The van der Waals surface area contributed by atoms with Crippen LogP contribution >= 0.6 is 0 Å². The molecule has 84 valence electrons. The summed E-state index contributed by atoms with van der Waals surface area (Å²) in [7, 11) is 1.86. The molecule has 0 spiro atoms. The molecular weight excluding hydrogens is 214 g/mol. The quantitative estimate of drug-likeness (QED) is 0.632. The molecule has 0 aliphatic rings. The SMILES string of the molecule is Cn1c(-c2ccccc2)cc2nccc(=O)n21. The van der Waals surface area contributed by atoms with E-state index in [2.05, 4.69) is 4.98 Å². The average Bonchev–Trinajstić information content (AvgIpc) is 2.69. The third kappa shape index (κ3) is 1.45. The van der Waals surface area contributed by atoms with Crippen LogP contribution in [0.4, 0.5) is 0 Å². The highest BCUT2D eigenvalue weighted by atomic mass is 16.1. The largest absolute Gasteiger partial charge is 0.279 e. The number of aryl methyl sites for hydroxylation is 1. The number of nitrogens with zero attached hydrogens (tertiary/aromatic N) is 3. The van der Waals surface area contributed by atoms with E-state index in [0.717, 1.165) is 11.3 Å². The highest BCUT2D eigenvalue weighted by Gasteiger charge is 2.08. The topological polar surface area (TPSA) is 39.3 Å². The van der Waals surface area contributed by atoms with Gasteiger partial charge in [0.2, 0.25) is 0 Å². The van der Waals surface area contributed by atoms with Crippen LogP contribution in [0.5, 0.6) is 0 Å². The molecule has 4 heteroatoms. The highest BCUT2D eigenvalue weighted by Crippen LogP contribution is 2.19. The van der Waals surface area contributed by atoms with Gasteiger partial charge in [0.1, 0.15) is 0 Å². The lowest BCUT2D eigenvalue weighted by Gasteiger charge is -2.03. The summed E-state index contributed by atoms with van der Waals surface area (Å²) in [6.45, 7) is 0. The van der Waals surface area contributed by atoms with Crippen LogP contribution in [-0.2, 0) is 7.05 Å². The molecule has 3 aromatic rings. The monoisotopic (exact) mass is 225 g/mol. The smallest absolute Gasteiger partial charge is 0.272 e. The number of benzene rings is 1. The second-order valence-electron chi connectivity index (χ2n) is 3.87. The summed E-state index contributed by atoms with van der Waals surface area (Å²) >= 11 is 0. The molecule has 0 N–H and O–H groups in total. The Morgan fingerprint density at radius 1 is 1.12 bits per heavy atom. The van der Waals surface area contributed by atoms with Crippen LogP contribution in [0, 0.1) is 0 Å². The van der Waals surface area contributed by atoms with Gasteiger partial charge in [0, 0.05) is 25.4 Å². The highest BCUT2D eigenvalue weighted by molar-refractivity contribution is 5.64. The number of fused-ring (bicyclic) bond motifs is 1. The zero-order valence-electron chi connectivity index (χ0n) is 9.37. The maximum Gasteiger partial charge on any atom is 0.272 e. The van der Waals surface area contributed by atoms with Gasteiger partial charge in [-0.1, -0.05) is 30.3 Å². The Labute approximate surface area is 97.8 Å². The van der Waals surface area contributed by atoms with Gasteiger partial charge in [-0.05, 0) is 5.56 Å². The number of hydrogen-bond acceptors (Lipinski definition) is 2. The van der Waals surface area contributed by atoms with Crippen molar-refractivity contribution in [3.8, 4) is 11.3 Å². The van der Waals surface area contributed by atoms with Gasteiger partial charge < -0.3 is 0 Å². The van der Waals surface area contributed by atoms with Gasteiger partial charge in [-0.25, -0.2) is 4.98 Å². The standard InChI is InChI=1S/C13H11N3O/c1-15-11(10-5-3-2-4-6-10)9-12-14-8-7-13(17)16(12)15/h2-9H,1H3. The fourth-order valence-corrected chi connectivity index (χ4v) is 2.02. The van der Waals surface area contributed by atoms with E-state index in [4.69, 9.17) is 0 Å². The summed E-state index contributed by atoms with van der Waals surface area (Å²) in [5, 5.41) is 0. The average molecular weight is 225 g/mol. The normalized spacial score (nSPS) is 10.9. The van der Waals surface area contributed by atoms with E-state index in [1.165, 1.54) is 12.3 Å². The minimum atomic E-state index is -0.0697. The van der Waals surface area contributed by atoms with Crippen LogP contribution < -0.4 is 5.56 Å². The number of aromatic nitrogens is 3. The number of hydrogen-bond donors (Lipinski definition) is 0. The Hall–Kier alpha value is -2.36. The Kier molecular flexibility index (Phi) is 2.08. The molecule has 0 fully saturated rings. The lowest BCUT2D eigenvalue weighted by Crippen LogP contribution is -2.18. The molecule has 0 amide bonds. The van der Waals surface area contributed by atoms with Gasteiger partial charge in [0.25, 0.3) is 5.56 Å². The molecule has 0 aliphatic heterocycles. The van der Waals surface area contributed by atoms with Crippen molar-refractivity contribution < 1.29 is 0 Å². The fourth-order valence-electron chi connectivity index (χ4n) is 2.02. The van der Waals surface area contributed by atoms with Crippen LogP contribution in [0.3, 0.4) is 0 Å². The van der Waals surface area contributed by atoms with E-state index in [0.29, 0.717) is 5.65 Å². The van der Waals surface area contributed by atoms with Crippen molar-refractivity contribution in [3.05, 3.63) is 59.0 Å². The van der Waals surface area contributed by atoms with Crippen molar-refractivity contribution in [2.75, 3.05) is 0 Å². The summed E-state index contributed by atoms with van der Waals surface area (Å²) in [4.78, 5) is 15.9. The van der Waals surface area contributed by atoms with Crippen LogP contribution in [0.15, 0.2) is 53.5 Å². The molecule has 0 unspecified atom stereocenters. The molecule has 2 heterocycles. The maximum atomic E-state index is 11.7. The lowest BCUT2D eigenvalue weighted by molar-refractivity contribution is 0.687. The van der Waals surface area contributed by atoms with E-state index in [-0.39, 0.29) is 5.56 Å². The van der Waals surface area contributed by atoms with Crippen molar-refractivity contribution in [1.29, 1.82) is 0 Å². The van der Waals surface area contributed by atoms with E-state index in [1.54, 1.807) is 4.52 Å². The molecule has 1 aromatic carbocycles. The molecule has 0 saturated heterocycles. The van der Waals surface area contributed by atoms with E-state index in [1.807, 2.05) is 48.1 Å². The van der Waals surface area contributed by atoms with E-state index >= 15 is 0 Å². The Balaban J connectivity index is 2.37.